The van der Waals surface area contributed by atoms with Crippen LogP contribution in [-0.2, 0) is 25.7 Å². The van der Waals surface area contributed by atoms with Crippen molar-refractivity contribution in [2.45, 2.75) is 70.0 Å². The Labute approximate surface area is 287 Å². The molecule has 6 N–H and O–H groups in total. The summed E-state index contributed by atoms with van der Waals surface area (Å²) in [6, 6.07) is 4.81. The SMILES string of the molecule is NC1CC=C(N2CCN(C(=O)NCCCCOCCCNCCC(=O)Nc3ccc4c(c3)CN(C3CCC(=O)NC3=O)C4=O)CC2)C2CC12. The molecule has 6 rings (SSSR count). The maximum Gasteiger partial charge on any atom is 0.317 e. The number of carbonyl (C=O) groups excluding carboxylic acids is 5. The number of amides is 6. The number of hydrogen-bond acceptors (Lipinski definition) is 9. The monoisotopic (exact) mass is 678 g/mol. The molecule has 49 heavy (non-hydrogen) atoms. The highest BCUT2D eigenvalue weighted by Gasteiger charge is 2.47. The molecule has 4 unspecified atom stereocenters. The number of nitrogens with zero attached hydrogens (tertiary/aromatic N) is 3. The van der Waals surface area contributed by atoms with Crippen LogP contribution in [0, 0.1) is 11.8 Å². The van der Waals surface area contributed by atoms with E-state index in [1.54, 1.807) is 18.2 Å². The number of anilines is 1. The van der Waals surface area contributed by atoms with Crippen molar-refractivity contribution >= 4 is 35.3 Å². The summed E-state index contributed by atoms with van der Waals surface area (Å²) in [7, 11) is 0. The molecule has 1 aromatic rings. The van der Waals surface area contributed by atoms with E-state index < -0.39 is 11.9 Å². The second-order valence-electron chi connectivity index (χ2n) is 13.7. The molecule has 4 atom stereocenters. The number of nitrogens with two attached hydrogens (primary N) is 1. The van der Waals surface area contributed by atoms with E-state index in [0.717, 1.165) is 64.0 Å². The summed E-state index contributed by atoms with van der Waals surface area (Å²) in [6.45, 7) is 6.73. The van der Waals surface area contributed by atoms with Gasteiger partial charge in [0, 0.05) is 101 Å². The van der Waals surface area contributed by atoms with E-state index in [1.165, 1.54) is 17.0 Å². The van der Waals surface area contributed by atoms with Crippen LogP contribution in [0.2, 0.25) is 0 Å². The zero-order chi connectivity index (χ0) is 34.3. The van der Waals surface area contributed by atoms with Gasteiger partial charge in [-0.25, -0.2) is 4.79 Å². The summed E-state index contributed by atoms with van der Waals surface area (Å²) >= 11 is 0. The number of imide groups is 1. The van der Waals surface area contributed by atoms with Gasteiger partial charge in [0.15, 0.2) is 0 Å². The van der Waals surface area contributed by atoms with Gasteiger partial charge < -0.3 is 41.1 Å². The molecule has 1 aromatic carbocycles. The quantitative estimate of drug-likeness (QED) is 0.134. The molecule has 3 heterocycles. The van der Waals surface area contributed by atoms with Crippen molar-refractivity contribution in [3.8, 4) is 0 Å². The predicted octanol–water partition coefficient (Wildman–Crippen LogP) is 1.13. The van der Waals surface area contributed by atoms with Gasteiger partial charge >= 0.3 is 6.03 Å². The number of nitrogens with one attached hydrogen (secondary N) is 4. The van der Waals surface area contributed by atoms with Crippen LogP contribution in [-0.4, -0.2) is 115 Å². The lowest BCUT2D eigenvalue weighted by atomic mass is 9.99. The zero-order valence-electron chi connectivity index (χ0n) is 28.2. The molecule has 0 radical (unpaired) electrons. The number of ether oxygens (including phenoxy) is 1. The minimum Gasteiger partial charge on any atom is -0.381 e. The van der Waals surface area contributed by atoms with Gasteiger partial charge in [-0.1, -0.05) is 6.08 Å². The van der Waals surface area contributed by atoms with E-state index in [1.807, 2.05) is 4.90 Å². The van der Waals surface area contributed by atoms with Crippen molar-refractivity contribution in [3.63, 3.8) is 0 Å². The zero-order valence-corrected chi connectivity index (χ0v) is 28.2. The van der Waals surface area contributed by atoms with E-state index in [4.69, 9.17) is 10.5 Å². The van der Waals surface area contributed by atoms with E-state index in [2.05, 4.69) is 32.2 Å². The standard InChI is InChI=1S/C35H50N8O6/c36-28-6-7-29(27-21-26(27)28)41-14-16-42(17-15-41)35(48)38-12-1-2-18-49-19-3-11-37-13-10-32(45)39-24-4-5-25-23(20-24)22-43(34(25)47)30-8-9-31(44)40-33(30)46/h4-5,7,20,26-28,30,37H,1-3,6,8-19,21-22,36H2,(H,38,48)(H,39,45)(H,40,44,46). The Morgan fingerprint density at radius 1 is 1.00 bits per heavy atom. The van der Waals surface area contributed by atoms with Gasteiger partial charge in [-0.3, -0.25) is 24.5 Å². The number of urea groups is 1. The fourth-order valence-corrected chi connectivity index (χ4v) is 7.38. The molecule has 0 spiro atoms. The number of carbonyl (C=O) groups is 5. The molecule has 3 fully saturated rings. The summed E-state index contributed by atoms with van der Waals surface area (Å²) < 4.78 is 5.73. The second kappa shape index (κ2) is 16.1. The topological polar surface area (TPSA) is 178 Å². The third-order valence-electron chi connectivity index (χ3n) is 10.3. The molecule has 5 aliphatic rings. The minimum atomic E-state index is -0.667. The molecule has 266 valence electrons. The van der Waals surface area contributed by atoms with Crippen molar-refractivity contribution in [3.05, 3.63) is 41.1 Å². The van der Waals surface area contributed by atoms with Crippen LogP contribution in [0.3, 0.4) is 0 Å². The van der Waals surface area contributed by atoms with Crippen molar-refractivity contribution < 1.29 is 28.7 Å². The molecule has 2 saturated heterocycles. The van der Waals surface area contributed by atoms with Crippen molar-refractivity contribution in [1.82, 2.24) is 30.7 Å². The van der Waals surface area contributed by atoms with Gasteiger partial charge in [0.25, 0.3) is 5.91 Å². The molecular weight excluding hydrogens is 628 g/mol. The second-order valence-corrected chi connectivity index (χ2v) is 13.7. The summed E-state index contributed by atoms with van der Waals surface area (Å²) in [5.41, 5.74) is 9.50. The molecule has 0 aromatic heterocycles. The number of hydrogen-bond donors (Lipinski definition) is 5. The molecule has 14 nitrogen and oxygen atoms in total. The van der Waals surface area contributed by atoms with Crippen LogP contribution in [0.5, 0.6) is 0 Å². The van der Waals surface area contributed by atoms with Crippen LogP contribution >= 0.6 is 0 Å². The summed E-state index contributed by atoms with van der Waals surface area (Å²) in [4.78, 5) is 67.5. The summed E-state index contributed by atoms with van der Waals surface area (Å²) in [6.07, 6.45) is 7.91. The molecule has 6 amide bonds. The van der Waals surface area contributed by atoms with Crippen molar-refractivity contribution in [2.75, 3.05) is 64.3 Å². The Balaban J connectivity index is 0.752. The fourth-order valence-electron chi connectivity index (χ4n) is 7.38. The van der Waals surface area contributed by atoms with E-state index in [-0.39, 0.29) is 36.7 Å². The van der Waals surface area contributed by atoms with Crippen molar-refractivity contribution in [1.29, 1.82) is 0 Å². The Morgan fingerprint density at radius 3 is 2.63 bits per heavy atom. The first-order chi connectivity index (χ1) is 23.8. The van der Waals surface area contributed by atoms with Gasteiger partial charge in [0.05, 0.1) is 0 Å². The van der Waals surface area contributed by atoms with Crippen LogP contribution in [0.4, 0.5) is 10.5 Å². The Morgan fingerprint density at radius 2 is 1.82 bits per heavy atom. The van der Waals surface area contributed by atoms with Gasteiger partial charge in [0.1, 0.15) is 6.04 Å². The van der Waals surface area contributed by atoms with E-state index in [9.17, 15) is 24.0 Å². The third-order valence-corrected chi connectivity index (χ3v) is 10.3. The highest BCUT2D eigenvalue weighted by atomic mass is 16.5. The normalized spacial score (nSPS) is 24.6. The largest absolute Gasteiger partial charge is 0.381 e. The first-order valence-electron chi connectivity index (χ1n) is 17.9. The number of piperidine rings is 1. The lowest BCUT2D eigenvalue weighted by molar-refractivity contribution is -0.137. The van der Waals surface area contributed by atoms with Crippen molar-refractivity contribution in [2.24, 2.45) is 17.6 Å². The van der Waals surface area contributed by atoms with E-state index >= 15 is 0 Å². The highest BCUT2D eigenvalue weighted by Crippen LogP contribution is 2.50. The van der Waals surface area contributed by atoms with Crippen LogP contribution in [0.25, 0.3) is 0 Å². The number of benzene rings is 1. The lowest BCUT2D eigenvalue weighted by Crippen LogP contribution is -2.52. The number of piperazine rings is 1. The van der Waals surface area contributed by atoms with Crippen LogP contribution in [0.1, 0.15) is 67.3 Å². The summed E-state index contributed by atoms with van der Waals surface area (Å²) in [5.74, 6) is 0.166. The Hall–Kier alpha value is -4.01. The predicted molar refractivity (Wildman–Crippen MR) is 182 cm³/mol. The molecule has 1 saturated carbocycles. The van der Waals surface area contributed by atoms with Gasteiger partial charge in [-0.05, 0) is 74.8 Å². The van der Waals surface area contributed by atoms with Gasteiger partial charge in [-0.15, -0.1) is 0 Å². The van der Waals surface area contributed by atoms with Gasteiger partial charge in [-0.2, -0.15) is 0 Å². The Bertz CT molecular complexity index is 1440. The molecular formula is C35H50N8O6. The first-order valence-corrected chi connectivity index (χ1v) is 17.9. The smallest absolute Gasteiger partial charge is 0.317 e. The number of allylic oxidation sites excluding steroid dienone is 1. The van der Waals surface area contributed by atoms with E-state index in [0.29, 0.717) is 68.3 Å². The molecule has 2 aliphatic carbocycles. The number of rotatable bonds is 15. The average Bonchev–Trinajstić information content (AvgIpc) is 3.84. The minimum absolute atomic E-state index is 0.0198. The van der Waals surface area contributed by atoms with Crippen LogP contribution in [0.15, 0.2) is 30.0 Å². The maximum absolute atomic E-state index is 12.9. The van der Waals surface area contributed by atoms with Gasteiger partial charge in [0.2, 0.25) is 17.7 Å². The summed E-state index contributed by atoms with van der Waals surface area (Å²) in [5, 5.41) is 11.5. The average molecular weight is 679 g/mol. The maximum atomic E-state index is 12.9. The third kappa shape index (κ3) is 8.78. The molecule has 0 bridgehead atoms. The Kier molecular flexibility index (Phi) is 11.5. The first kappa shape index (κ1) is 34.8. The lowest BCUT2D eigenvalue weighted by Gasteiger charge is -2.38. The van der Waals surface area contributed by atoms with Crippen LogP contribution < -0.4 is 27.0 Å². The molecule has 14 heteroatoms. The fraction of sp³-hybridized carbons (Fsp3) is 0.629. The number of unbranched alkanes of at least 4 members (excludes halogenated alkanes) is 1. The number of fused-ring (bicyclic) bond motifs is 2. The molecule has 3 aliphatic heterocycles. The highest BCUT2D eigenvalue weighted by molar-refractivity contribution is 6.05.